The van der Waals surface area contributed by atoms with Crippen molar-refractivity contribution >= 4 is 28.5 Å². The molecule has 0 saturated carbocycles. The summed E-state index contributed by atoms with van der Waals surface area (Å²) < 4.78 is 18.7. The highest BCUT2D eigenvalue weighted by Gasteiger charge is 2.14. The minimum atomic E-state index is -0.433. The molecule has 1 aromatic heterocycles. The van der Waals surface area contributed by atoms with Crippen molar-refractivity contribution < 1.29 is 18.7 Å². The molecule has 0 radical (unpaired) electrons. The highest BCUT2D eigenvalue weighted by Crippen LogP contribution is 2.21. The van der Waals surface area contributed by atoms with E-state index in [4.69, 9.17) is 4.74 Å². The van der Waals surface area contributed by atoms with E-state index in [9.17, 15) is 14.0 Å². The van der Waals surface area contributed by atoms with Crippen LogP contribution in [0.5, 0.6) is 0 Å². The maximum Gasteiger partial charge on any atom is 0.338 e. The third kappa shape index (κ3) is 4.28. The van der Waals surface area contributed by atoms with Crippen molar-refractivity contribution in [3.8, 4) is 0 Å². The molecule has 0 aliphatic carbocycles. The molecule has 0 fully saturated rings. The van der Waals surface area contributed by atoms with Gasteiger partial charge in [0.2, 0.25) is 0 Å². The Labute approximate surface area is 156 Å². The van der Waals surface area contributed by atoms with Gasteiger partial charge in [0.1, 0.15) is 5.82 Å². The number of esters is 1. The number of benzene rings is 2. The fourth-order valence-electron chi connectivity index (χ4n) is 2.68. The largest absolute Gasteiger partial charge is 0.462 e. The van der Waals surface area contributed by atoms with Gasteiger partial charge < -0.3 is 10.1 Å². The predicted octanol–water partition coefficient (Wildman–Crippen LogP) is 4.50. The molecule has 5 nitrogen and oxygen atoms in total. The Balaban J connectivity index is 1.82. The summed E-state index contributed by atoms with van der Waals surface area (Å²) in [5.74, 6) is -1.21. The van der Waals surface area contributed by atoms with Crippen molar-refractivity contribution in [3.05, 3.63) is 71.2 Å². The second-order valence-electron chi connectivity index (χ2n) is 6.14. The zero-order valence-corrected chi connectivity index (χ0v) is 15.1. The summed E-state index contributed by atoms with van der Waals surface area (Å²) in [5, 5.41) is 3.21. The zero-order valence-electron chi connectivity index (χ0n) is 15.1. The Hall–Kier alpha value is -3.28. The van der Waals surface area contributed by atoms with E-state index >= 15 is 0 Å². The Bertz CT molecular complexity index is 1000. The highest BCUT2D eigenvalue weighted by atomic mass is 19.1. The molecule has 0 aliphatic rings. The molecular weight excluding hydrogens is 347 g/mol. The first-order valence-electron chi connectivity index (χ1n) is 8.63. The van der Waals surface area contributed by atoms with E-state index in [1.54, 1.807) is 43.3 Å². The summed E-state index contributed by atoms with van der Waals surface area (Å²) in [5.41, 5.74) is 2.48. The summed E-state index contributed by atoms with van der Waals surface area (Å²) in [7, 11) is 0. The average Bonchev–Trinajstić information content (AvgIpc) is 2.66. The van der Waals surface area contributed by atoms with Gasteiger partial charge in [-0.2, -0.15) is 0 Å². The third-order valence-electron chi connectivity index (χ3n) is 3.96. The topological polar surface area (TPSA) is 68.3 Å². The van der Waals surface area contributed by atoms with Crippen LogP contribution < -0.4 is 5.32 Å². The molecule has 1 N–H and O–H groups in total. The molecular formula is C21H19FN2O3. The molecule has 1 heterocycles. The fraction of sp³-hybridized carbons (Fsp3) is 0.190. The molecule has 0 spiro atoms. The van der Waals surface area contributed by atoms with Gasteiger partial charge in [0.15, 0.2) is 0 Å². The van der Waals surface area contributed by atoms with Crippen molar-refractivity contribution in [1.29, 1.82) is 0 Å². The number of anilines is 1. The molecule has 0 aliphatic heterocycles. The van der Waals surface area contributed by atoms with Gasteiger partial charge in [-0.3, -0.25) is 9.78 Å². The van der Waals surface area contributed by atoms with Gasteiger partial charge in [-0.1, -0.05) is 6.92 Å². The number of aromatic nitrogens is 1. The Morgan fingerprint density at radius 1 is 1.11 bits per heavy atom. The smallest absolute Gasteiger partial charge is 0.338 e. The van der Waals surface area contributed by atoms with Crippen LogP contribution in [-0.2, 0) is 4.74 Å². The average molecular weight is 366 g/mol. The molecule has 138 valence electrons. The number of aryl methyl sites for hydroxylation is 1. The molecule has 2 aromatic carbocycles. The maximum atomic E-state index is 13.6. The SMILES string of the molecule is CCCOC(=O)c1ccc(NC(=O)c2cc(C)nc3ccc(F)cc23)cc1. The Morgan fingerprint density at radius 3 is 2.56 bits per heavy atom. The Morgan fingerprint density at radius 2 is 1.85 bits per heavy atom. The molecule has 0 atom stereocenters. The van der Waals surface area contributed by atoms with Gasteiger partial charge in [-0.25, -0.2) is 9.18 Å². The number of fused-ring (bicyclic) bond motifs is 1. The standard InChI is InChI=1S/C21H19FN2O3/c1-3-10-27-21(26)14-4-7-16(8-5-14)24-20(25)18-11-13(2)23-19-9-6-15(22)12-17(18)19/h4-9,11-12H,3,10H2,1-2H3,(H,24,25). The predicted molar refractivity (Wildman–Crippen MR) is 101 cm³/mol. The third-order valence-corrected chi connectivity index (χ3v) is 3.96. The summed E-state index contributed by atoms with van der Waals surface area (Å²) in [4.78, 5) is 28.8. The highest BCUT2D eigenvalue weighted by molar-refractivity contribution is 6.12. The van der Waals surface area contributed by atoms with Crippen LogP contribution in [0, 0.1) is 12.7 Å². The van der Waals surface area contributed by atoms with Crippen molar-refractivity contribution in [2.24, 2.45) is 0 Å². The minimum absolute atomic E-state index is 0.337. The number of amides is 1. The van der Waals surface area contributed by atoms with E-state index in [1.807, 2.05) is 6.92 Å². The van der Waals surface area contributed by atoms with E-state index in [-0.39, 0.29) is 5.91 Å². The first-order valence-corrected chi connectivity index (χ1v) is 8.63. The van der Waals surface area contributed by atoms with Gasteiger partial charge in [0.25, 0.3) is 5.91 Å². The molecule has 1 amide bonds. The second-order valence-corrected chi connectivity index (χ2v) is 6.14. The van der Waals surface area contributed by atoms with Crippen LogP contribution in [0.3, 0.4) is 0 Å². The summed E-state index contributed by atoms with van der Waals surface area (Å²) >= 11 is 0. The van der Waals surface area contributed by atoms with Crippen molar-refractivity contribution in [3.63, 3.8) is 0 Å². The van der Waals surface area contributed by atoms with E-state index in [0.717, 1.165) is 6.42 Å². The molecule has 27 heavy (non-hydrogen) atoms. The molecule has 3 aromatic rings. The van der Waals surface area contributed by atoms with E-state index in [1.165, 1.54) is 12.1 Å². The second kappa shape index (κ2) is 7.95. The summed E-state index contributed by atoms with van der Waals surface area (Å²) in [6.07, 6.45) is 0.750. The van der Waals surface area contributed by atoms with Crippen molar-refractivity contribution in [2.45, 2.75) is 20.3 Å². The van der Waals surface area contributed by atoms with Crippen LogP contribution in [0.1, 0.15) is 39.8 Å². The number of nitrogens with one attached hydrogen (secondary N) is 1. The number of rotatable bonds is 5. The van der Waals surface area contributed by atoms with Crippen LogP contribution >= 0.6 is 0 Å². The van der Waals surface area contributed by atoms with Crippen LogP contribution in [0.25, 0.3) is 10.9 Å². The normalized spacial score (nSPS) is 10.6. The number of nitrogens with zero attached hydrogens (tertiary/aromatic N) is 1. The van der Waals surface area contributed by atoms with Crippen LogP contribution in [0.4, 0.5) is 10.1 Å². The van der Waals surface area contributed by atoms with Gasteiger partial charge >= 0.3 is 5.97 Å². The molecule has 0 saturated heterocycles. The fourth-order valence-corrected chi connectivity index (χ4v) is 2.68. The number of hydrogen-bond acceptors (Lipinski definition) is 4. The zero-order chi connectivity index (χ0) is 19.4. The van der Waals surface area contributed by atoms with Gasteiger partial charge in [0.05, 0.1) is 23.3 Å². The minimum Gasteiger partial charge on any atom is -0.462 e. The first kappa shape index (κ1) is 18.5. The van der Waals surface area contributed by atoms with Gasteiger partial charge in [-0.05, 0) is 61.9 Å². The number of halogens is 1. The lowest BCUT2D eigenvalue weighted by Gasteiger charge is -2.10. The number of hydrogen-bond donors (Lipinski definition) is 1. The number of pyridine rings is 1. The quantitative estimate of drug-likeness (QED) is 0.675. The van der Waals surface area contributed by atoms with Gasteiger partial charge in [0, 0.05) is 16.8 Å². The van der Waals surface area contributed by atoms with Crippen LogP contribution in [0.2, 0.25) is 0 Å². The molecule has 0 unspecified atom stereocenters. The number of carbonyl (C=O) groups is 2. The number of carbonyl (C=O) groups excluding carboxylic acids is 2. The number of ether oxygens (including phenoxy) is 1. The lowest BCUT2D eigenvalue weighted by atomic mass is 10.1. The summed E-state index contributed by atoms with van der Waals surface area (Å²) in [6, 6.07) is 12.2. The van der Waals surface area contributed by atoms with Crippen molar-refractivity contribution in [2.75, 3.05) is 11.9 Å². The van der Waals surface area contributed by atoms with E-state index in [0.29, 0.717) is 40.0 Å². The lowest BCUT2D eigenvalue weighted by molar-refractivity contribution is 0.0505. The van der Waals surface area contributed by atoms with Crippen molar-refractivity contribution in [1.82, 2.24) is 4.98 Å². The first-order chi connectivity index (χ1) is 13.0. The monoisotopic (exact) mass is 366 g/mol. The van der Waals surface area contributed by atoms with Crippen LogP contribution in [0.15, 0.2) is 48.5 Å². The van der Waals surface area contributed by atoms with E-state index in [2.05, 4.69) is 10.3 Å². The van der Waals surface area contributed by atoms with Crippen LogP contribution in [-0.4, -0.2) is 23.5 Å². The molecule has 6 heteroatoms. The lowest BCUT2D eigenvalue weighted by Crippen LogP contribution is -2.13. The maximum absolute atomic E-state index is 13.6. The molecule has 0 bridgehead atoms. The molecule has 3 rings (SSSR count). The summed E-state index contributed by atoms with van der Waals surface area (Å²) in [6.45, 7) is 4.06. The van der Waals surface area contributed by atoms with Gasteiger partial charge in [-0.15, -0.1) is 0 Å². The van der Waals surface area contributed by atoms with E-state index < -0.39 is 11.8 Å². The Kier molecular flexibility index (Phi) is 5.45.